The van der Waals surface area contributed by atoms with Crippen LogP contribution in [-0.4, -0.2) is 57.1 Å². The summed E-state index contributed by atoms with van der Waals surface area (Å²) in [6, 6.07) is 15.3. The molecule has 1 aliphatic rings. The summed E-state index contributed by atoms with van der Waals surface area (Å²) in [6.45, 7) is 0.965. The lowest BCUT2D eigenvalue weighted by atomic mass is 9.98. The molecule has 4 rings (SSSR count). The van der Waals surface area contributed by atoms with Crippen molar-refractivity contribution in [2.75, 3.05) is 13.1 Å². The van der Waals surface area contributed by atoms with Gasteiger partial charge in [-0.25, -0.2) is 19.6 Å². The number of alkyl carbamates (subject to hydrolysis) is 1. The van der Waals surface area contributed by atoms with Crippen molar-refractivity contribution in [3.8, 4) is 0 Å². The Morgan fingerprint density at radius 1 is 1.12 bits per heavy atom. The summed E-state index contributed by atoms with van der Waals surface area (Å²) in [5.41, 5.74) is 2.22. The number of carbonyl (C=O) groups is 3. The molecule has 34 heavy (non-hydrogen) atoms. The molecule has 1 saturated heterocycles. The Hall–Kier alpha value is -4.27. The molecule has 0 aliphatic carbocycles. The molecule has 2 aromatic heterocycles. The van der Waals surface area contributed by atoms with E-state index in [1.807, 2.05) is 42.5 Å². The number of aliphatic carboxylic acids is 1. The first-order valence-corrected chi connectivity index (χ1v) is 10.9. The van der Waals surface area contributed by atoms with Crippen molar-refractivity contribution >= 4 is 35.1 Å². The van der Waals surface area contributed by atoms with E-state index in [1.165, 1.54) is 0 Å². The lowest BCUT2D eigenvalue weighted by Crippen LogP contribution is -2.52. The maximum atomic E-state index is 12.5. The number of benzene rings is 1. The molecule has 0 saturated carbocycles. The predicted molar refractivity (Wildman–Crippen MR) is 124 cm³/mol. The summed E-state index contributed by atoms with van der Waals surface area (Å²) in [7, 11) is 0. The number of hydrogen-bond donors (Lipinski definition) is 2. The second kappa shape index (κ2) is 10.6. The van der Waals surface area contributed by atoms with E-state index in [0.717, 1.165) is 16.6 Å². The van der Waals surface area contributed by atoms with Crippen molar-refractivity contribution in [2.45, 2.75) is 19.1 Å². The minimum absolute atomic E-state index is 0.00915. The maximum absolute atomic E-state index is 12.5. The van der Waals surface area contributed by atoms with Gasteiger partial charge in [-0.3, -0.25) is 4.79 Å². The number of carbonyl (C=O) groups excluding carboxylic acids is 2. The van der Waals surface area contributed by atoms with Crippen LogP contribution >= 0.6 is 0 Å². The van der Waals surface area contributed by atoms with Gasteiger partial charge in [0, 0.05) is 30.6 Å². The zero-order chi connectivity index (χ0) is 23.9. The highest BCUT2D eigenvalue weighted by Gasteiger charge is 2.32. The number of aromatic nitrogens is 2. The van der Waals surface area contributed by atoms with Crippen LogP contribution in [0.25, 0.3) is 17.1 Å². The lowest BCUT2D eigenvalue weighted by molar-refractivity contribution is -0.145. The zero-order valence-electron chi connectivity index (χ0n) is 18.3. The number of rotatable bonds is 8. The van der Waals surface area contributed by atoms with Gasteiger partial charge >= 0.3 is 12.1 Å². The molecule has 0 radical (unpaired) electrons. The highest BCUT2D eigenvalue weighted by molar-refractivity contribution is 5.87. The van der Waals surface area contributed by atoms with Crippen molar-refractivity contribution < 1.29 is 24.2 Å². The third-order valence-corrected chi connectivity index (χ3v) is 5.47. The Balaban J connectivity index is 1.23. The Bertz CT molecular complexity index is 1210. The SMILES string of the molecule is O=C(NC(CC(=O)N1CC(/C=C/c2ccc3cccnc3n2)C1)C(=O)O)OCc1ccccc1. The van der Waals surface area contributed by atoms with Crippen LogP contribution in [0.1, 0.15) is 17.7 Å². The number of pyridine rings is 2. The standard InChI is InChI=1S/C25H24N4O5/c30-22(13-21(24(31)32)28-25(33)34-16-17-5-2-1-3-6-17)29-14-18(15-29)8-10-20-11-9-19-7-4-12-26-23(19)27-20/h1-12,18,21H,13-16H2,(H,28,33)(H,31,32)/b10-8+. The van der Waals surface area contributed by atoms with Crippen LogP contribution in [0.15, 0.2) is 66.9 Å². The van der Waals surface area contributed by atoms with Gasteiger partial charge < -0.3 is 20.1 Å². The summed E-state index contributed by atoms with van der Waals surface area (Å²) in [5.74, 6) is -1.48. The highest BCUT2D eigenvalue weighted by atomic mass is 16.5. The van der Waals surface area contributed by atoms with Crippen LogP contribution in [0.5, 0.6) is 0 Å². The second-order valence-corrected chi connectivity index (χ2v) is 8.01. The van der Waals surface area contributed by atoms with Crippen LogP contribution < -0.4 is 5.32 Å². The number of likely N-dealkylation sites (tertiary alicyclic amines) is 1. The molecule has 0 spiro atoms. The summed E-state index contributed by atoms with van der Waals surface area (Å²) >= 11 is 0. The van der Waals surface area contributed by atoms with Crippen LogP contribution in [0.2, 0.25) is 0 Å². The monoisotopic (exact) mass is 460 g/mol. The van der Waals surface area contributed by atoms with Gasteiger partial charge in [-0.05, 0) is 35.9 Å². The van der Waals surface area contributed by atoms with Gasteiger partial charge in [-0.2, -0.15) is 0 Å². The third kappa shape index (κ3) is 5.94. The van der Waals surface area contributed by atoms with E-state index >= 15 is 0 Å². The Labute approximate surface area is 196 Å². The van der Waals surface area contributed by atoms with E-state index in [1.54, 1.807) is 35.4 Å². The molecule has 1 aliphatic heterocycles. The molecule has 2 amide bonds. The van der Waals surface area contributed by atoms with E-state index in [0.29, 0.717) is 18.7 Å². The fourth-order valence-corrected chi connectivity index (χ4v) is 3.54. The molecule has 1 aromatic carbocycles. The topological polar surface area (TPSA) is 122 Å². The fraction of sp³-hybridized carbons (Fsp3) is 0.240. The number of amides is 2. The first kappa shape index (κ1) is 22.9. The first-order chi connectivity index (χ1) is 16.5. The summed E-state index contributed by atoms with van der Waals surface area (Å²) in [5, 5.41) is 12.6. The van der Waals surface area contributed by atoms with Crippen molar-refractivity contribution in [1.82, 2.24) is 20.2 Å². The molecule has 9 nitrogen and oxygen atoms in total. The number of nitrogens with one attached hydrogen (secondary N) is 1. The van der Waals surface area contributed by atoms with Gasteiger partial charge in [-0.1, -0.05) is 36.4 Å². The molecule has 3 aromatic rings. The predicted octanol–water partition coefficient (Wildman–Crippen LogP) is 2.87. The van der Waals surface area contributed by atoms with Gasteiger partial charge in [0.25, 0.3) is 0 Å². The highest BCUT2D eigenvalue weighted by Crippen LogP contribution is 2.20. The summed E-state index contributed by atoms with van der Waals surface area (Å²) < 4.78 is 5.05. The largest absolute Gasteiger partial charge is 0.480 e. The van der Waals surface area contributed by atoms with Gasteiger partial charge in [0.2, 0.25) is 5.91 Å². The van der Waals surface area contributed by atoms with Crippen molar-refractivity contribution in [3.63, 3.8) is 0 Å². The molecular formula is C25H24N4O5. The minimum Gasteiger partial charge on any atom is -0.480 e. The quantitative estimate of drug-likeness (QED) is 0.530. The molecule has 9 heteroatoms. The van der Waals surface area contributed by atoms with Crippen molar-refractivity contribution in [2.24, 2.45) is 5.92 Å². The molecule has 174 valence electrons. The van der Waals surface area contributed by atoms with Crippen LogP contribution in [0.4, 0.5) is 4.79 Å². The average Bonchev–Trinajstić information content (AvgIpc) is 2.82. The van der Waals surface area contributed by atoms with Gasteiger partial charge in [0.1, 0.15) is 12.6 Å². The zero-order valence-corrected chi connectivity index (χ0v) is 18.3. The van der Waals surface area contributed by atoms with Crippen LogP contribution in [-0.2, 0) is 20.9 Å². The van der Waals surface area contributed by atoms with Gasteiger partial charge in [0.05, 0.1) is 12.1 Å². The number of fused-ring (bicyclic) bond motifs is 1. The van der Waals surface area contributed by atoms with E-state index in [9.17, 15) is 19.5 Å². The lowest BCUT2D eigenvalue weighted by Gasteiger charge is -2.38. The van der Waals surface area contributed by atoms with E-state index in [4.69, 9.17) is 4.74 Å². The fourth-order valence-electron chi connectivity index (χ4n) is 3.54. The Morgan fingerprint density at radius 3 is 2.68 bits per heavy atom. The number of carboxylic acid groups (broad SMARTS) is 1. The number of ether oxygens (including phenoxy) is 1. The molecular weight excluding hydrogens is 436 g/mol. The third-order valence-electron chi connectivity index (χ3n) is 5.47. The normalized spacial score (nSPS) is 14.5. The maximum Gasteiger partial charge on any atom is 0.408 e. The van der Waals surface area contributed by atoms with Gasteiger partial charge in [0.15, 0.2) is 5.65 Å². The van der Waals surface area contributed by atoms with E-state index < -0.39 is 18.1 Å². The van der Waals surface area contributed by atoms with Crippen LogP contribution in [0, 0.1) is 5.92 Å². The molecule has 1 fully saturated rings. The summed E-state index contributed by atoms with van der Waals surface area (Å²) in [4.78, 5) is 46.3. The molecule has 2 N–H and O–H groups in total. The second-order valence-electron chi connectivity index (χ2n) is 8.01. The number of hydrogen-bond acceptors (Lipinski definition) is 6. The molecule has 1 atom stereocenters. The molecule has 3 heterocycles. The van der Waals surface area contributed by atoms with Crippen molar-refractivity contribution in [1.29, 1.82) is 0 Å². The van der Waals surface area contributed by atoms with E-state index in [2.05, 4.69) is 15.3 Å². The van der Waals surface area contributed by atoms with Gasteiger partial charge in [-0.15, -0.1) is 0 Å². The smallest absolute Gasteiger partial charge is 0.408 e. The summed E-state index contributed by atoms with van der Waals surface area (Å²) in [6.07, 6.45) is 4.34. The van der Waals surface area contributed by atoms with Crippen molar-refractivity contribution in [3.05, 3.63) is 78.1 Å². The Kier molecular flexibility index (Phi) is 7.12. The first-order valence-electron chi connectivity index (χ1n) is 10.9. The molecule has 1 unspecified atom stereocenters. The average molecular weight is 460 g/mol. The molecule has 0 bridgehead atoms. The van der Waals surface area contributed by atoms with E-state index in [-0.39, 0.29) is 24.9 Å². The van der Waals surface area contributed by atoms with Crippen LogP contribution in [0.3, 0.4) is 0 Å². The minimum atomic E-state index is -1.36. The Morgan fingerprint density at radius 2 is 1.91 bits per heavy atom. The number of carboxylic acids is 1. The number of nitrogens with zero attached hydrogens (tertiary/aromatic N) is 3.